The quantitative estimate of drug-likeness (QED) is 0.0464. The molecule has 0 rings (SSSR count). The summed E-state index contributed by atoms with van der Waals surface area (Å²) in [6.07, 6.45) is 53.1. The van der Waals surface area contributed by atoms with Gasteiger partial charge in [0.25, 0.3) is 0 Å². The van der Waals surface area contributed by atoms with Gasteiger partial charge in [0.1, 0.15) is 0 Å². The molecule has 0 bridgehead atoms. The first-order valence-corrected chi connectivity index (χ1v) is 23.1. The molecule has 0 aromatic rings. The van der Waals surface area contributed by atoms with E-state index in [4.69, 9.17) is 0 Å². The number of hydrogen-bond donors (Lipinski definition) is 0. The van der Waals surface area contributed by atoms with Crippen LogP contribution in [0.25, 0.3) is 0 Å². The molecule has 0 aliphatic rings. The summed E-state index contributed by atoms with van der Waals surface area (Å²) in [4.78, 5) is 13.6. The van der Waals surface area contributed by atoms with E-state index in [0.717, 1.165) is 12.8 Å². The summed E-state index contributed by atoms with van der Waals surface area (Å²) in [7, 11) is 0. The average molecular weight is 730 g/mol. The Bertz CT molecular complexity index is 589. The second-order valence-corrected chi connectivity index (χ2v) is 16.2. The van der Waals surface area contributed by atoms with E-state index in [-0.39, 0.29) is 57.8 Å². The van der Waals surface area contributed by atoms with E-state index in [1.807, 2.05) is 0 Å². The van der Waals surface area contributed by atoms with Gasteiger partial charge in [0.05, 0.1) is 0 Å². The third-order valence-corrected chi connectivity index (χ3v) is 11.2. The summed E-state index contributed by atoms with van der Waals surface area (Å²) in [6.45, 7) is 9.29. The Morgan fingerprint density at radius 3 is 0.840 bits per heavy atom. The molecule has 3 nitrogen and oxygen atoms in total. The first-order chi connectivity index (χ1) is 24.1. The number of carbonyl (C=O) groups excluding carboxylic acids is 1. The monoisotopic (exact) mass is 730 g/mol. The molecule has 0 N–H and O–H groups in total. The maximum absolute atomic E-state index is 10.9. The SMILES string of the molecule is CCCCCCCCCCCCCCCCCCCCN(CCCCCCCCCCCCCCCCCCCC)C(C)CCCC(=O)[O-].[K+]. The number of hydrogen-bond acceptors (Lipinski definition) is 3. The molecule has 0 aliphatic carbocycles. The second kappa shape index (κ2) is 46.2. The predicted octanol–water partition coefficient (Wildman–Crippen LogP) is 11.7. The molecule has 0 amide bonds. The topological polar surface area (TPSA) is 43.4 Å². The fraction of sp³-hybridized carbons (Fsp3) is 0.978. The Morgan fingerprint density at radius 2 is 0.620 bits per heavy atom. The van der Waals surface area contributed by atoms with Crippen molar-refractivity contribution in [3.63, 3.8) is 0 Å². The zero-order chi connectivity index (χ0) is 35.7. The van der Waals surface area contributed by atoms with Crippen molar-refractivity contribution in [1.82, 2.24) is 4.90 Å². The largest absolute Gasteiger partial charge is 1.00 e. The number of rotatable bonds is 43. The molecule has 0 aromatic carbocycles. The maximum Gasteiger partial charge on any atom is 1.00 e. The Hall–Kier alpha value is 1.07. The summed E-state index contributed by atoms with van der Waals surface area (Å²) >= 11 is 0. The molecule has 0 radical (unpaired) electrons. The maximum atomic E-state index is 10.9. The number of carboxylic acids is 1. The molecular weight excluding hydrogens is 638 g/mol. The molecule has 0 heterocycles. The van der Waals surface area contributed by atoms with Crippen molar-refractivity contribution in [2.75, 3.05) is 13.1 Å². The van der Waals surface area contributed by atoms with E-state index < -0.39 is 5.97 Å². The zero-order valence-corrected chi connectivity index (χ0v) is 38.5. The van der Waals surface area contributed by atoms with E-state index in [0.29, 0.717) is 6.04 Å². The van der Waals surface area contributed by atoms with Gasteiger partial charge < -0.3 is 14.8 Å². The molecule has 0 spiro atoms. The van der Waals surface area contributed by atoms with Gasteiger partial charge in [0.2, 0.25) is 0 Å². The Kier molecular flexibility index (Phi) is 49.2. The molecule has 0 aromatic heterocycles. The Balaban J connectivity index is 0. The number of aliphatic carboxylic acids is 1. The van der Waals surface area contributed by atoms with Crippen LogP contribution in [0.2, 0.25) is 0 Å². The summed E-state index contributed by atoms with van der Waals surface area (Å²) < 4.78 is 0. The Morgan fingerprint density at radius 1 is 0.400 bits per heavy atom. The fourth-order valence-corrected chi connectivity index (χ4v) is 7.71. The van der Waals surface area contributed by atoms with Gasteiger partial charge in [0, 0.05) is 12.0 Å². The van der Waals surface area contributed by atoms with Crippen molar-refractivity contribution in [2.45, 2.75) is 277 Å². The van der Waals surface area contributed by atoms with Gasteiger partial charge in [-0.15, -0.1) is 0 Å². The summed E-state index contributed by atoms with van der Waals surface area (Å²) in [5.41, 5.74) is 0. The van der Waals surface area contributed by atoms with E-state index in [1.165, 1.54) is 244 Å². The summed E-state index contributed by atoms with van der Waals surface area (Å²) in [5.74, 6) is -0.897. The van der Waals surface area contributed by atoms with Gasteiger partial charge in [-0.2, -0.15) is 0 Å². The van der Waals surface area contributed by atoms with Crippen molar-refractivity contribution < 1.29 is 61.3 Å². The van der Waals surface area contributed by atoms with E-state index in [2.05, 4.69) is 25.7 Å². The average Bonchev–Trinajstić information content (AvgIpc) is 3.09. The first kappa shape index (κ1) is 53.2. The number of carboxylic acid groups (broad SMARTS) is 1. The van der Waals surface area contributed by atoms with Crippen molar-refractivity contribution in [1.29, 1.82) is 0 Å². The van der Waals surface area contributed by atoms with Crippen LogP contribution in [-0.4, -0.2) is 30.0 Å². The van der Waals surface area contributed by atoms with Gasteiger partial charge in [0.15, 0.2) is 0 Å². The minimum atomic E-state index is -0.897. The van der Waals surface area contributed by atoms with E-state index in [9.17, 15) is 9.90 Å². The van der Waals surface area contributed by atoms with Gasteiger partial charge in [-0.3, -0.25) is 0 Å². The third kappa shape index (κ3) is 43.5. The predicted molar refractivity (Wildman–Crippen MR) is 217 cm³/mol. The zero-order valence-electron chi connectivity index (χ0n) is 35.3. The van der Waals surface area contributed by atoms with Gasteiger partial charge >= 0.3 is 51.4 Å². The molecule has 4 heteroatoms. The van der Waals surface area contributed by atoms with E-state index in [1.54, 1.807) is 0 Å². The molecule has 0 aliphatic heterocycles. The summed E-state index contributed by atoms with van der Waals surface area (Å²) in [6, 6.07) is 0.482. The van der Waals surface area contributed by atoms with Crippen LogP contribution in [0.5, 0.6) is 0 Å². The smallest absolute Gasteiger partial charge is 0.550 e. The van der Waals surface area contributed by atoms with Crippen LogP contribution in [-0.2, 0) is 4.79 Å². The number of nitrogens with zero attached hydrogens (tertiary/aromatic N) is 1. The molecule has 0 saturated carbocycles. The normalized spacial score (nSPS) is 12.1. The van der Waals surface area contributed by atoms with Crippen LogP contribution in [0.4, 0.5) is 0 Å². The van der Waals surface area contributed by atoms with Crippen LogP contribution in [0, 0.1) is 0 Å². The molecule has 1 unspecified atom stereocenters. The molecule has 294 valence electrons. The van der Waals surface area contributed by atoms with Crippen molar-refractivity contribution in [3.8, 4) is 0 Å². The number of carbonyl (C=O) groups is 1. The Labute approximate surface area is 359 Å². The summed E-state index contributed by atoms with van der Waals surface area (Å²) in [5, 5.41) is 10.9. The van der Waals surface area contributed by atoms with Crippen LogP contribution in [0.15, 0.2) is 0 Å². The fourth-order valence-electron chi connectivity index (χ4n) is 7.71. The van der Waals surface area contributed by atoms with Crippen molar-refractivity contribution >= 4 is 5.97 Å². The van der Waals surface area contributed by atoms with Crippen molar-refractivity contribution in [3.05, 3.63) is 0 Å². The van der Waals surface area contributed by atoms with Gasteiger partial charge in [-0.25, -0.2) is 0 Å². The standard InChI is InChI=1S/C46H93NO2.K/c1-4-6-8-10-12-14-16-18-20-22-24-26-28-30-32-34-36-38-43-47(45(3)41-40-42-46(48)49)44-39-37-35-33-31-29-27-25-23-21-19-17-15-13-11-9-7-5-2;/h45H,4-44H2,1-3H3,(H,48,49);/q;+1/p-1. The molecule has 0 saturated heterocycles. The van der Waals surface area contributed by atoms with Gasteiger partial charge in [-0.05, 0) is 52.1 Å². The first-order valence-electron chi connectivity index (χ1n) is 23.1. The molecular formula is C46H92KNO2. The van der Waals surface area contributed by atoms with Crippen molar-refractivity contribution in [2.24, 2.45) is 0 Å². The van der Waals surface area contributed by atoms with Crippen LogP contribution >= 0.6 is 0 Å². The molecule has 1 atom stereocenters. The number of unbranched alkanes of at least 4 members (excludes halogenated alkanes) is 34. The minimum Gasteiger partial charge on any atom is -0.550 e. The van der Waals surface area contributed by atoms with Crippen LogP contribution < -0.4 is 56.5 Å². The minimum absolute atomic E-state index is 0. The van der Waals surface area contributed by atoms with Gasteiger partial charge in [-0.1, -0.05) is 232 Å². The van der Waals surface area contributed by atoms with E-state index >= 15 is 0 Å². The third-order valence-electron chi connectivity index (χ3n) is 11.2. The van der Waals surface area contributed by atoms with Crippen LogP contribution in [0.3, 0.4) is 0 Å². The second-order valence-electron chi connectivity index (χ2n) is 16.2. The molecule has 0 fully saturated rings. The van der Waals surface area contributed by atoms with Crippen LogP contribution in [0.1, 0.15) is 271 Å². The molecule has 50 heavy (non-hydrogen) atoms.